The number of carbonyl (C=O) groups is 2. The molecular formula is C16H18BN3O6. The zero-order valence-corrected chi connectivity index (χ0v) is 13.7. The highest BCUT2D eigenvalue weighted by atomic mass is 16.4. The molecule has 0 saturated heterocycles. The number of carbonyl (C=O) groups excluding carboxylic acids is 1. The molecule has 1 amide bonds. The van der Waals surface area contributed by atoms with Crippen LogP contribution in [0.2, 0.25) is 0 Å². The first-order valence-electron chi connectivity index (χ1n) is 7.68. The molecule has 0 fully saturated rings. The van der Waals surface area contributed by atoms with Gasteiger partial charge in [-0.15, -0.1) is 0 Å². The van der Waals surface area contributed by atoms with Gasteiger partial charge in [-0.2, -0.15) is 0 Å². The van der Waals surface area contributed by atoms with Crippen molar-refractivity contribution in [1.82, 2.24) is 10.3 Å². The van der Waals surface area contributed by atoms with E-state index in [1.54, 1.807) is 6.07 Å². The average Bonchev–Trinajstić information content (AvgIpc) is 2.57. The highest BCUT2D eigenvalue weighted by molar-refractivity contribution is 6.43. The Morgan fingerprint density at radius 1 is 1.23 bits per heavy atom. The van der Waals surface area contributed by atoms with Gasteiger partial charge in [0.2, 0.25) is 5.91 Å². The number of nitrogens with two attached hydrogens (primary N) is 1. The maximum atomic E-state index is 12.1. The highest BCUT2D eigenvalue weighted by Crippen LogP contribution is 2.24. The topological polar surface area (TPSA) is 166 Å². The molecule has 9 nitrogen and oxygen atoms in total. The van der Waals surface area contributed by atoms with E-state index in [1.807, 2.05) is 0 Å². The Morgan fingerprint density at radius 2 is 1.96 bits per heavy atom. The van der Waals surface area contributed by atoms with Crippen LogP contribution in [0, 0.1) is 0 Å². The number of para-hydroxylation sites is 1. The second-order valence-corrected chi connectivity index (χ2v) is 5.68. The number of aromatic hydroxyl groups is 1. The quantitative estimate of drug-likeness (QED) is 0.355. The van der Waals surface area contributed by atoms with Crippen LogP contribution >= 0.6 is 0 Å². The zero-order valence-electron chi connectivity index (χ0n) is 13.7. The van der Waals surface area contributed by atoms with Crippen LogP contribution in [-0.4, -0.2) is 50.2 Å². The summed E-state index contributed by atoms with van der Waals surface area (Å²) in [6.07, 6.45) is 1.20. The second kappa shape index (κ2) is 8.32. The number of pyridine rings is 1. The first kappa shape index (κ1) is 19.2. The van der Waals surface area contributed by atoms with Crippen LogP contribution in [0.25, 0.3) is 0 Å². The Hall–Kier alpha value is -3.11. The van der Waals surface area contributed by atoms with E-state index < -0.39 is 30.7 Å². The number of phenols is 1. The van der Waals surface area contributed by atoms with Crippen LogP contribution in [-0.2, 0) is 17.6 Å². The number of nitrogens with zero attached hydrogens (tertiary/aromatic N) is 1. The van der Waals surface area contributed by atoms with Gasteiger partial charge in [0.15, 0.2) is 0 Å². The van der Waals surface area contributed by atoms with Crippen molar-refractivity contribution in [1.29, 1.82) is 0 Å². The minimum atomic E-state index is -1.91. The summed E-state index contributed by atoms with van der Waals surface area (Å²) in [5.74, 6) is -3.12. The summed E-state index contributed by atoms with van der Waals surface area (Å²) < 4.78 is 0. The van der Waals surface area contributed by atoms with Gasteiger partial charge < -0.3 is 31.3 Å². The number of amides is 1. The molecule has 0 bridgehead atoms. The molecular weight excluding hydrogens is 341 g/mol. The lowest BCUT2D eigenvalue weighted by Gasteiger charge is -2.19. The summed E-state index contributed by atoms with van der Waals surface area (Å²) >= 11 is 0. The smallest absolute Gasteiger partial charge is 0.475 e. The molecule has 136 valence electrons. The summed E-state index contributed by atoms with van der Waals surface area (Å²) in [5, 5.41) is 40.5. The summed E-state index contributed by atoms with van der Waals surface area (Å²) in [6, 6.07) is 7.23. The molecule has 0 radical (unpaired) electrons. The molecule has 1 aromatic carbocycles. The van der Waals surface area contributed by atoms with E-state index in [4.69, 9.17) is 10.8 Å². The molecule has 10 heteroatoms. The van der Waals surface area contributed by atoms with Crippen molar-refractivity contribution >= 4 is 24.8 Å². The summed E-state index contributed by atoms with van der Waals surface area (Å²) in [7, 11) is -1.91. The van der Waals surface area contributed by atoms with Crippen molar-refractivity contribution in [2.24, 2.45) is 0 Å². The number of hydrogen-bond acceptors (Lipinski definition) is 7. The van der Waals surface area contributed by atoms with Gasteiger partial charge in [0.05, 0.1) is 12.4 Å². The molecule has 2 aromatic rings. The average molecular weight is 359 g/mol. The predicted octanol–water partition coefficient (Wildman–Crippen LogP) is -0.650. The van der Waals surface area contributed by atoms with Crippen LogP contribution in [0.4, 0.5) is 5.82 Å². The molecule has 26 heavy (non-hydrogen) atoms. The fraction of sp³-hybridized carbons (Fsp3) is 0.188. The standard InChI is InChI=1S/C16H18BN3O6/c18-13-5-4-9(8-19-13)6-14(21)20-12(17(25)26)7-10-2-1-3-11(15(10)22)16(23)24/h1-5,8,12,22,25-26H,6-7H2,(H2,18,19)(H,20,21)(H,23,24)/t12-/m0/s1. The molecule has 7 N–H and O–H groups in total. The van der Waals surface area contributed by atoms with Crippen molar-refractivity contribution in [3.8, 4) is 5.75 Å². The molecule has 0 spiro atoms. The number of benzene rings is 1. The third-order valence-electron chi connectivity index (χ3n) is 3.71. The SMILES string of the molecule is Nc1ccc(CC(=O)N[C@@H](Cc2cccc(C(=O)O)c2O)B(O)O)cn1. The van der Waals surface area contributed by atoms with Crippen LogP contribution < -0.4 is 11.1 Å². The van der Waals surface area contributed by atoms with Crippen molar-refractivity contribution in [3.63, 3.8) is 0 Å². The van der Waals surface area contributed by atoms with Gasteiger partial charge in [-0.1, -0.05) is 18.2 Å². The molecule has 0 aliphatic heterocycles. The largest absolute Gasteiger partial charge is 0.507 e. The lowest BCUT2D eigenvalue weighted by molar-refractivity contribution is -0.120. The summed E-state index contributed by atoms with van der Waals surface area (Å²) in [6.45, 7) is 0. The van der Waals surface area contributed by atoms with Gasteiger partial charge in [-0.3, -0.25) is 4.79 Å². The lowest BCUT2D eigenvalue weighted by Crippen LogP contribution is -2.48. The Morgan fingerprint density at radius 3 is 2.54 bits per heavy atom. The first-order chi connectivity index (χ1) is 12.3. The zero-order chi connectivity index (χ0) is 19.3. The fourth-order valence-electron chi connectivity index (χ4n) is 2.38. The van der Waals surface area contributed by atoms with Crippen molar-refractivity contribution in [3.05, 3.63) is 53.2 Å². The Balaban J connectivity index is 2.09. The lowest BCUT2D eigenvalue weighted by atomic mass is 9.75. The number of carboxylic acids is 1. The van der Waals surface area contributed by atoms with Gasteiger partial charge in [-0.05, 0) is 29.7 Å². The van der Waals surface area contributed by atoms with E-state index in [-0.39, 0.29) is 24.0 Å². The maximum Gasteiger partial charge on any atom is 0.475 e. The Bertz CT molecular complexity index is 797. The number of aromatic nitrogens is 1. The molecule has 0 unspecified atom stereocenters. The third kappa shape index (κ3) is 4.95. The number of anilines is 1. The third-order valence-corrected chi connectivity index (χ3v) is 3.71. The van der Waals surface area contributed by atoms with E-state index >= 15 is 0 Å². The minimum absolute atomic E-state index is 0.0579. The fourth-order valence-corrected chi connectivity index (χ4v) is 2.38. The summed E-state index contributed by atoms with van der Waals surface area (Å²) in [4.78, 5) is 27.0. The highest BCUT2D eigenvalue weighted by Gasteiger charge is 2.27. The maximum absolute atomic E-state index is 12.1. The molecule has 0 saturated carbocycles. The second-order valence-electron chi connectivity index (χ2n) is 5.68. The van der Waals surface area contributed by atoms with Crippen LogP contribution in [0.5, 0.6) is 5.75 Å². The molecule has 0 aliphatic carbocycles. The van der Waals surface area contributed by atoms with Crippen molar-refractivity contribution in [2.45, 2.75) is 18.8 Å². The van der Waals surface area contributed by atoms with E-state index in [2.05, 4.69) is 10.3 Å². The van der Waals surface area contributed by atoms with Gasteiger partial charge in [0.1, 0.15) is 17.1 Å². The Labute approximate surface area is 149 Å². The van der Waals surface area contributed by atoms with Crippen LogP contribution in [0.3, 0.4) is 0 Å². The number of nitrogen functional groups attached to an aromatic ring is 1. The number of aromatic carboxylic acids is 1. The normalized spacial score (nSPS) is 11.6. The van der Waals surface area contributed by atoms with Gasteiger partial charge in [0.25, 0.3) is 0 Å². The first-order valence-corrected chi connectivity index (χ1v) is 7.68. The van der Waals surface area contributed by atoms with Gasteiger partial charge in [-0.25, -0.2) is 9.78 Å². The molecule has 0 aliphatic rings. The number of carboxylic acid groups (broad SMARTS) is 1. The van der Waals surface area contributed by atoms with Crippen LogP contribution in [0.1, 0.15) is 21.5 Å². The summed E-state index contributed by atoms with van der Waals surface area (Å²) in [5.41, 5.74) is 5.90. The van der Waals surface area contributed by atoms with E-state index in [1.165, 1.54) is 30.5 Å². The number of rotatable bonds is 7. The Kier molecular flexibility index (Phi) is 6.15. The number of hydrogen-bond donors (Lipinski definition) is 6. The van der Waals surface area contributed by atoms with Crippen molar-refractivity contribution < 1.29 is 29.9 Å². The molecule has 1 aromatic heterocycles. The van der Waals surface area contributed by atoms with Gasteiger partial charge >= 0.3 is 13.1 Å². The van der Waals surface area contributed by atoms with E-state index in [0.29, 0.717) is 11.4 Å². The minimum Gasteiger partial charge on any atom is -0.507 e. The van der Waals surface area contributed by atoms with Crippen LogP contribution in [0.15, 0.2) is 36.5 Å². The number of nitrogens with one attached hydrogen (secondary N) is 1. The van der Waals surface area contributed by atoms with E-state index in [9.17, 15) is 24.7 Å². The molecule has 2 rings (SSSR count). The van der Waals surface area contributed by atoms with Gasteiger partial charge in [0, 0.05) is 6.20 Å². The van der Waals surface area contributed by atoms with Crippen molar-refractivity contribution in [2.75, 3.05) is 5.73 Å². The monoisotopic (exact) mass is 359 g/mol. The predicted molar refractivity (Wildman–Crippen MR) is 93.2 cm³/mol. The molecule has 1 heterocycles. The van der Waals surface area contributed by atoms with E-state index in [0.717, 1.165) is 0 Å². The molecule has 1 atom stereocenters.